The summed E-state index contributed by atoms with van der Waals surface area (Å²) in [6.45, 7) is 4.64. The zero-order valence-electron chi connectivity index (χ0n) is 29.9. The zero-order chi connectivity index (χ0) is 31.7. The maximum atomic E-state index is 2.68. The molecule has 0 unspecified atom stereocenters. The molecule has 0 aliphatic rings. The molecular weight excluding hydrogens is 782 g/mol. The molecule has 2 heterocycles. The van der Waals surface area contributed by atoms with Gasteiger partial charge in [-0.1, -0.05) is 26.7 Å². The van der Waals surface area contributed by atoms with Gasteiger partial charge in [-0.3, -0.25) is 0 Å². The quantitative estimate of drug-likeness (QED) is 0.0614. The van der Waals surface area contributed by atoms with Crippen LogP contribution in [0.4, 0.5) is 0 Å². The molecule has 2 aromatic carbocycles. The van der Waals surface area contributed by atoms with Crippen molar-refractivity contribution in [2.75, 3.05) is 0 Å². The fraction of sp³-hybridized carbons (Fsp3) is 0.650. The van der Waals surface area contributed by atoms with E-state index in [1.54, 1.807) is 47.9 Å². The van der Waals surface area contributed by atoms with E-state index in [-0.39, 0.29) is 0 Å². The first-order chi connectivity index (χ1) is 21.0. The maximum absolute atomic E-state index is 2.68. The standard InChI is InChI=1S/C34H46S2.6CH3.2Sn/c1-3-5-7-9-11-13-15-17-19-27-25-31-32(33-29(27)21-23-35-33)26-28(30-22-24-36-34(30)31)20-18-16-14-12-10-8-6-4-2;;;;;;;;/h21-22,25-26H,3-20H2,1-2H3;6*1H3;;. The van der Waals surface area contributed by atoms with Gasteiger partial charge in [-0.2, -0.15) is 0 Å². The summed E-state index contributed by atoms with van der Waals surface area (Å²) in [6, 6.07) is 10.7. The van der Waals surface area contributed by atoms with Crippen molar-refractivity contribution in [3.63, 3.8) is 0 Å². The first kappa shape index (κ1) is 37.0. The summed E-state index contributed by atoms with van der Waals surface area (Å²) in [6.07, 6.45) is 24.8. The molecule has 0 spiro atoms. The molecule has 0 atom stereocenters. The van der Waals surface area contributed by atoms with Gasteiger partial charge in [0.1, 0.15) is 0 Å². The Morgan fingerprint density at radius 2 is 0.727 bits per heavy atom. The van der Waals surface area contributed by atoms with Crippen LogP contribution in [0.25, 0.3) is 30.9 Å². The molecule has 44 heavy (non-hydrogen) atoms. The SMILES string of the molecule is CCCCCCCCCCc1cc2c(cc(CCCCCCCCCC)c3c[c]([Sn]([CH3])([CH3])[CH3])sc32)c2s[c]([Sn]([CH3])([CH3])[CH3])cc12. The van der Waals surface area contributed by atoms with E-state index in [0.29, 0.717) is 0 Å². The van der Waals surface area contributed by atoms with Crippen molar-refractivity contribution in [2.45, 2.75) is 159 Å². The van der Waals surface area contributed by atoms with Crippen molar-refractivity contribution < 1.29 is 0 Å². The predicted octanol–water partition coefficient (Wildman–Crippen LogP) is 13.7. The van der Waals surface area contributed by atoms with Crippen LogP contribution in [0.5, 0.6) is 0 Å². The molecule has 0 fully saturated rings. The molecule has 0 aliphatic carbocycles. The second-order valence-corrected chi connectivity index (χ2v) is 48.8. The van der Waals surface area contributed by atoms with Crippen molar-refractivity contribution >= 4 is 96.2 Å². The molecule has 0 saturated carbocycles. The monoisotopic (exact) mass is 848 g/mol. The fourth-order valence-electron chi connectivity index (χ4n) is 6.75. The van der Waals surface area contributed by atoms with Gasteiger partial charge in [0.2, 0.25) is 0 Å². The van der Waals surface area contributed by atoms with Gasteiger partial charge in [0.05, 0.1) is 0 Å². The molecule has 2 aromatic heterocycles. The van der Waals surface area contributed by atoms with Crippen LogP contribution in [-0.4, -0.2) is 36.8 Å². The van der Waals surface area contributed by atoms with E-state index < -0.39 is 36.8 Å². The van der Waals surface area contributed by atoms with Crippen LogP contribution in [0.3, 0.4) is 0 Å². The number of thiophene rings is 2. The molecular formula is C40H64S2Sn2. The number of hydrogen-bond acceptors (Lipinski definition) is 2. The summed E-state index contributed by atoms with van der Waals surface area (Å²) in [5, 5.41) is 6.37. The third-order valence-electron chi connectivity index (χ3n) is 9.65. The number of fused-ring (bicyclic) bond motifs is 5. The zero-order valence-corrected chi connectivity index (χ0v) is 37.2. The molecule has 0 bridgehead atoms. The summed E-state index contributed by atoms with van der Waals surface area (Å²) < 4.78 is 6.74. The van der Waals surface area contributed by atoms with Crippen molar-refractivity contribution in [1.82, 2.24) is 0 Å². The van der Waals surface area contributed by atoms with Crippen LogP contribution in [0.2, 0.25) is 29.6 Å². The van der Waals surface area contributed by atoms with Gasteiger partial charge in [-0.25, -0.2) is 0 Å². The van der Waals surface area contributed by atoms with Crippen molar-refractivity contribution in [3.05, 3.63) is 35.4 Å². The number of aryl methyl sites for hydroxylation is 2. The van der Waals surface area contributed by atoms with Crippen LogP contribution in [0.15, 0.2) is 24.3 Å². The number of unbranched alkanes of at least 4 members (excludes halogenated alkanes) is 14. The number of hydrogen-bond donors (Lipinski definition) is 0. The van der Waals surface area contributed by atoms with Gasteiger partial charge in [0.25, 0.3) is 0 Å². The summed E-state index contributed by atoms with van der Waals surface area (Å²) in [7, 11) is 0. The van der Waals surface area contributed by atoms with Crippen LogP contribution >= 0.6 is 22.7 Å². The average Bonchev–Trinajstić information content (AvgIpc) is 3.63. The van der Waals surface area contributed by atoms with E-state index >= 15 is 0 Å². The van der Waals surface area contributed by atoms with Gasteiger partial charge < -0.3 is 0 Å². The molecule has 0 amide bonds. The van der Waals surface area contributed by atoms with Gasteiger partial charge in [0, 0.05) is 0 Å². The molecule has 4 heteroatoms. The molecule has 0 saturated heterocycles. The molecule has 0 N–H and O–H groups in total. The van der Waals surface area contributed by atoms with E-state index in [4.69, 9.17) is 0 Å². The summed E-state index contributed by atoms with van der Waals surface area (Å²) in [5.41, 5.74) is 3.28. The van der Waals surface area contributed by atoms with Gasteiger partial charge in [0.15, 0.2) is 0 Å². The van der Waals surface area contributed by atoms with Crippen molar-refractivity contribution in [3.8, 4) is 0 Å². The fourth-order valence-corrected chi connectivity index (χ4v) is 19.6. The number of rotatable bonds is 20. The Morgan fingerprint density at radius 1 is 0.409 bits per heavy atom. The van der Waals surface area contributed by atoms with E-state index in [2.05, 4.69) is 90.4 Å². The van der Waals surface area contributed by atoms with Gasteiger partial charge in [-0.15, -0.1) is 0 Å². The van der Waals surface area contributed by atoms with Gasteiger partial charge >= 0.3 is 264 Å². The van der Waals surface area contributed by atoms with E-state index in [9.17, 15) is 0 Å². The topological polar surface area (TPSA) is 0 Å². The third kappa shape index (κ3) is 10.1. The first-order valence-corrected chi connectivity index (χ1v) is 40.1. The molecule has 0 aliphatic heterocycles. The average molecular weight is 847 g/mol. The summed E-state index contributed by atoms with van der Waals surface area (Å²) >= 11 is -0.0188. The molecule has 4 aromatic rings. The second-order valence-electron chi connectivity index (χ2n) is 15.8. The minimum atomic E-state index is -2.19. The Balaban J connectivity index is 1.67. The van der Waals surface area contributed by atoms with Crippen LogP contribution < -0.4 is 5.79 Å². The second kappa shape index (κ2) is 17.6. The first-order valence-electron chi connectivity index (χ1n) is 18.5. The normalized spacial score (nSPS) is 12.8. The van der Waals surface area contributed by atoms with Crippen molar-refractivity contribution in [1.29, 1.82) is 0 Å². The summed E-state index contributed by atoms with van der Waals surface area (Å²) in [5.74, 6) is 0. The molecule has 0 nitrogen and oxygen atoms in total. The molecule has 244 valence electrons. The third-order valence-corrected chi connectivity index (χ3v) is 30.8. The Morgan fingerprint density at radius 3 is 1.05 bits per heavy atom. The Labute approximate surface area is 287 Å². The molecule has 4 rings (SSSR count). The van der Waals surface area contributed by atoms with Crippen molar-refractivity contribution in [2.24, 2.45) is 0 Å². The van der Waals surface area contributed by atoms with Crippen LogP contribution in [-0.2, 0) is 12.8 Å². The Bertz CT molecular complexity index is 1350. The minimum absolute atomic E-state index is 1.25. The molecule has 0 radical (unpaired) electrons. The van der Waals surface area contributed by atoms with Crippen LogP contribution in [0.1, 0.15) is 128 Å². The van der Waals surface area contributed by atoms with Crippen LogP contribution in [0, 0.1) is 0 Å². The predicted molar refractivity (Wildman–Crippen MR) is 213 cm³/mol. The van der Waals surface area contributed by atoms with E-state index in [0.717, 1.165) is 0 Å². The van der Waals surface area contributed by atoms with E-state index in [1.165, 1.54) is 116 Å². The number of benzene rings is 2. The van der Waals surface area contributed by atoms with E-state index in [1.807, 2.05) is 0 Å². The Kier molecular flexibility index (Phi) is 14.8. The van der Waals surface area contributed by atoms with Gasteiger partial charge in [-0.05, 0) is 0 Å². The summed E-state index contributed by atoms with van der Waals surface area (Å²) in [4.78, 5) is 15.6. The Hall–Kier alpha value is 0.217.